The monoisotopic (exact) mass is 242 g/mol. The molecule has 1 aromatic heterocycles. The van der Waals surface area contributed by atoms with Crippen LogP contribution in [-0.2, 0) is 6.54 Å². The van der Waals surface area contributed by atoms with Crippen LogP contribution in [0.25, 0.3) is 0 Å². The van der Waals surface area contributed by atoms with Crippen molar-refractivity contribution in [1.29, 1.82) is 0 Å². The summed E-state index contributed by atoms with van der Waals surface area (Å²) in [4.78, 5) is 2.77. The maximum atomic E-state index is 11.8. The minimum Gasteiger partial charge on any atom is -0.337 e. The number of hydrogen-bond acceptors (Lipinski definition) is 2. The molecule has 0 bridgehead atoms. The Bertz CT molecular complexity index is 353. The average molecular weight is 242 g/mol. The van der Waals surface area contributed by atoms with Crippen molar-refractivity contribution in [1.82, 2.24) is 9.55 Å². The molecule has 1 N–H and O–H groups in total. The van der Waals surface area contributed by atoms with Crippen LogP contribution < -0.4 is 0 Å². The van der Waals surface area contributed by atoms with Crippen LogP contribution in [0.1, 0.15) is 5.69 Å². The summed E-state index contributed by atoms with van der Waals surface area (Å²) in [6.07, 6.45) is 1.68. The van der Waals surface area contributed by atoms with Gasteiger partial charge in [0.15, 0.2) is 4.77 Å². The van der Waals surface area contributed by atoms with Crippen LogP contribution >= 0.6 is 24.0 Å². The van der Waals surface area contributed by atoms with Gasteiger partial charge in [-0.2, -0.15) is 13.2 Å². The second kappa shape index (κ2) is 4.39. The number of aromatic nitrogens is 2. The van der Waals surface area contributed by atoms with Crippen LogP contribution in [0.2, 0.25) is 0 Å². The van der Waals surface area contributed by atoms with Crippen LogP contribution in [0, 0.1) is 11.7 Å². The number of nitrogens with zero attached hydrogens (tertiary/aromatic N) is 1. The first-order valence-corrected chi connectivity index (χ1v) is 5.25. The highest BCUT2D eigenvalue weighted by molar-refractivity contribution is 8.00. The summed E-state index contributed by atoms with van der Waals surface area (Å²) < 4.78 is 37.5. The topological polar surface area (TPSA) is 20.7 Å². The first-order chi connectivity index (χ1) is 6.40. The predicted octanol–water partition coefficient (Wildman–Crippen LogP) is 3.11. The van der Waals surface area contributed by atoms with Gasteiger partial charge in [-0.1, -0.05) is 0 Å². The van der Waals surface area contributed by atoms with Gasteiger partial charge < -0.3 is 9.55 Å². The molecule has 1 aromatic rings. The van der Waals surface area contributed by atoms with Gasteiger partial charge >= 0.3 is 5.51 Å². The number of hydrogen-bond donors (Lipinski definition) is 1. The van der Waals surface area contributed by atoms with Gasteiger partial charge in [-0.15, -0.1) is 0 Å². The van der Waals surface area contributed by atoms with E-state index < -0.39 is 5.51 Å². The molecule has 0 spiro atoms. The highest BCUT2D eigenvalue weighted by Crippen LogP contribution is 2.30. The van der Waals surface area contributed by atoms with Gasteiger partial charge in [-0.25, -0.2) is 0 Å². The van der Waals surface area contributed by atoms with Gasteiger partial charge in [0, 0.05) is 24.2 Å². The SMILES string of the molecule is Cc1c[nH]c(=S)n1CCSC(F)(F)F. The highest BCUT2D eigenvalue weighted by atomic mass is 32.2. The molecule has 1 rings (SSSR count). The number of aryl methyl sites for hydroxylation is 1. The Hall–Kier alpha value is -0.430. The van der Waals surface area contributed by atoms with E-state index in [1.165, 1.54) is 0 Å². The standard InChI is InChI=1S/C7H9F3N2S2/c1-5-4-11-6(13)12(5)2-3-14-7(8,9)10/h4H,2-3H2,1H3,(H,11,13). The summed E-state index contributed by atoms with van der Waals surface area (Å²) in [7, 11) is 0. The van der Waals surface area contributed by atoms with Crippen molar-refractivity contribution in [2.24, 2.45) is 0 Å². The molecule has 0 saturated carbocycles. The third-order valence-corrected chi connectivity index (χ3v) is 2.71. The Balaban J connectivity index is 2.51. The molecule has 2 nitrogen and oxygen atoms in total. The lowest BCUT2D eigenvalue weighted by atomic mass is 10.5. The van der Waals surface area contributed by atoms with E-state index in [0.717, 1.165) is 5.69 Å². The maximum absolute atomic E-state index is 11.8. The van der Waals surface area contributed by atoms with E-state index in [4.69, 9.17) is 12.2 Å². The van der Waals surface area contributed by atoms with Crippen LogP contribution in [0.4, 0.5) is 13.2 Å². The zero-order valence-corrected chi connectivity index (χ0v) is 9.02. The van der Waals surface area contributed by atoms with Gasteiger partial charge in [0.05, 0.1) is 0 Å². The molecule has 0 aromatic carbocycles. The number of rotatable bonds is 3. The minimum atomic E-state index is -4.16. The quantitative estimate of drug-likeness (QED) is 0.822. The maximum Gasteiger partial charge on any atom is 0.441 e. The van der Waals surface area contributed by atoms with Crippen LogP contribution in [0.3, 0.4) is 0 Å². The second-order valence-corrected chi connectivity index (χ2v) is 4.23. The van der Waals surface area contributed by atoms with E-state index in [-0.39, 0.29) is 24.1 Å². The first kappa shape index (κ1) is 11.6. The lowest BCUT2D eigenvalue weighted by Crippen LogP contribution is -2.07. The molecule has 0 aliphatic heterocycles. The van der Waals surface area contributed by atoms with Gasteiger partial charge in [0.1, 0.15) is 0 Å². The Morgan fingerprint density at radius 1 is 1.57 bits per heavy atom. The molecular weight excluding hydrogens is 233 g/mol. The van der Waals surface area contributed by atoms with Crippen molar-refractivity contribution in [3.8, 4) is 0 Å². The molecular formula is C7H9F3N2S2. The van der Waals surface area contributed by atoms with Crippen molar-refractivity contribution in [3.05, 3.63) is 16.7 Å². The third kappa shape index (κ3) is 3.38. The molecule has 1 heterocycles. The molecule has 0 amide bonds. The Morgan fingerprint density at radius 3 is 2.64 bits per heavy atom. The zero-order chi connectivity index (χ0) is 10.8. The van der Waals surface area contributed by atoms with E-state index in [1.807, 2.05) is 0 Å². The Morgan fingerprint density at radius 2 is 2.21 bits per heavy atom. The summed E-state index contributed by atoms with van der Waals surface area (Å²) in [6, 6.07) is 0. The lowest BCUT2D eigenvalue weighted by molar-refractivity contribution is -0.0328. The molecule has 0 radical (unpaired) electrons. The fourth-order valence-electron chi connectivity index (χ4n) is 1.01. The smallest absolute Gasteiger partial charge is 0.337 e. The number of halogens is 3. The van der Waals surface area contributed by atoms with E-state index in [9.17, 15) is 13.2 Å². The highest BCUT2D eigenvalue weighted by Gasteiger charge is 2.27. The van der Waals surface area contributed by atoms with E-state index in [1.54, 1.807) is 17.7 Å². The van der Waals surface area contributed by atoms with Gasteiger partial charge in [0.25, 0.3) is 0 Å². The fraction of sp³-hybridized carbons (Fsp3) is 0.571. The normalized spacial score (nSPS) is 12.0. The molecule has 0 aliphatic carbocycles. The fourth-order valence-corrected chi connectivity index (χ4v) is 1.81. The molecule has 0 fully saturated rings. The lowest BCUT2D eigenvalue weighted by Gasteiger charge is -2.07. The minimum absolute atomic E-state index is 0.0174. The van der Waals surface area contributed by atoms with Gasteiger partial charge in [-0.3, -0.25) is 0 Å². The van der Waals surface area contributed by atoms with Crippen molar-refractivity contribution < 1.29 is 13.2 Å². The van der Waals surface area contributed by atoms with E-state index in [2.05, 4.69) is 4.98 Å². The van der Waals surface area contributed by atoms with Crippen molar-refractivity contribution in [3.63, 3.8) is 0 Å². The first-order valence-electron chi connectivity index (χ1n) is 3.85. The molecule has 0 atom stereocenters. The van der Waals surface area contributed by atoms with Crippen molar-refractivity contribution in [2.45, 2.75) is 19.0 Å². The van der Waals surface area contributed by atoms with E-state index in [0.29, 0.717) is 4.77 Å². The number of nitrogens with one attached hydrogen (secondary N) is 1. The number of thioether (sulfide) groups is 1. The molecule has 0 aliphatic rings. The number of imidazole rings is 1. The van der Waals surface area contributed by atoms with Gasteiger partial charge in [0.2, 0.25) is 0 Å². The summed E-state index contributed by atoms with van der Waals surface area (Å²) in [6.45, 7) is 2.07. The predicted molar refractivity (Wildman–Crippen MR) is 52.9 cm³/mol. The summed E-state index contributed by atoms with van der Waals surface area (Å²) >= 11 is 4.86. The van der Waals surface area contributed by atoms with E-state index >= 15 is 0 Å². The largest absolute Gasteiger partial charge is 0.441 e. The average Bonchev–Trinajstić information content (AvgIpc) is 2.33. The van der Waals surface area contributed by atoms with Gasteiger partial charge in [-0.05, 0) is 30.9 Å². The number of aromatic amines is 1. The van der Waals surface area contributed by atoms with Crippen LogP contribution in [-0.4, -0.2) is 20.8 Å². The summed E-state index contributed by atoms with van der Waals surface area (Å²) in [5.41, 5.74) is -3.32. The molecule has 80 valence electrons. The molecule has 7 heteroatoms. The summed E-state index contributed by atoms with van der Waals surface area (Å²) in [5.74, 6) is -0.0174. The molecule has 0 saturated heterocycles. The number of H-pyrrole nitrogens is 1. The van der Waals surface area contributed by atoms with Crippen LogP contribution in [0.5, 0.6) is 0 Å². The Labute approximate surface area is 88.5 Å². The zero-order valence-electron chi connectivity index (χ0n) is 7.39. The number of alkyl halides is 3. The van der Waals surface area contributed by atoms with Crippen molar-refractivity contribution >= 4 is 24.0 Å². The Kier molecular flexibility index (Phi) is 3.65. The third-order valence-electron chi connectivity index (χ3n) is 1.66. The molecule has 14 heavy (non-hydrogen) atoms. The second-order valence-electron chi connectivity index (χ2n) is 2.68. The van der Waals surface area contributed by atoms with Crippen LogP contribution in [0.15, 0.2) is 6.20 Å². The summed E-state index contributed by atoms with van der Waals surface area (Å²) in [5, 5.41) is 0. The van der Waals surface area contributed by atoms with Crippen molar-refractivity contribution in [2.75, 3.05) is 5.75 Å². The molecule has 0 unspecified atom stereocenters.